The number of amides is 1. The van der Waals surface area contributed by atoms with E-state index in [1.165, 1.54) is 0 Å². The first-order valence-corrected chi connectivity index (χ1v) is 3.87. The normalized spacial score (nSPS) is 9.73. The van der Waals surface area contributed by atoms with Crippen molar-refractivity contribution in [3.8, 4) is 0 Å². The summed E-state index contributed by atoms with van der Waals surface area (Å²) in [5, 5.41) is 2.64. The Hall–Kier alpha value is -0.860. The molecule has 3 nitrogen and oxygen atoms in total. The van der Waals surface area contributed by atoms with E-state index < -0.39 is 0 Å². The first-order chi connectivity index (χ1) is 5.16. The van der Waals surface area contributed by atoms with Crippen LogP contribution in [0.1, 0.15) is 26.7 Å². The highest BCUT2D eigenvalue weighted by atomic mass is 16.2. The SMILES string of the molecule is CC(C)CCNC(=O)CC=O. The average molecular weight is 157 g/mol. The van der Waals surface area contributed by atoms with Gasteiger partial charge in [0.2, 0.25) is 5.91 Å². The van der Waals surface area contributed by atoms with E-state index in [9.17, 15) is 9.59 Å². The lowest BCUT2D eigenvalue weighted by Crippen LogP contribution is -2.25. The van der Waals surface area contributed by atoms with Gasteiger partial charge in [0.25, 0.3) is 0 Å². The molecule has 0 aromatic carbocycles. The summed E-state index contributed by atoms with van der Waals surface area (Å²) in [6.45, 7) is 4.85. The molecule has 0 fully saturated rings. The molecule has 0 unspecified atom stereocenters. The van der Waals surface area contributed by atoms with Crippen LogP contribution in [-0.4, -0.2) is 18.7 Å². The van der Waals surface area contributed by atoms with Crippen LogP contribution in [0.4, 0.5) is 0 Å². The van der Waals surface area contributed by atoms with E-state index in [1.807, 2.05) is 0 Å². The fourth-order valence-corrected chi connectivity index (χ4v) is 0.648. The van der Waals surface area contributed by atoms with E-state index in [4.69, 9.17) is 0 Å². The zero-order valence-electron chi connectivity index (χ0n) is 7.09. The van der Waals surface area contributed by atoms with E-state index in [-0.39, 0.29) is 12.3 Å². The zero-order chi connectivity index (χ0) is 8.69. The summed E-state index contributed by atoms with van der Waals surface area (Å²) in [5.41, 5.74) is 0. The maximum Gasteiger partial charge on any atom is 0.227 e. The molecule has 1 N–H and O–H groups in total. The number of aldehydes is 1. The number of carbonyl (C=O) groups is 2. The molecular weight excluding hydrogens is 142 g/mol. The van der Waals surface area contributed by atoms with Gasteiger partial charge in [-0.2, -0.15) is 0 Å². The third-order valence-electron chi connectivity index (χ3n) is 1.31. The van der Waals surface area contributed by atoms with Crippen molar-refractivity contribution in [2.24, 2.45) is 5.92 Å². The number of nitrogens with one attached hydrogen (secondary N) is 1. The van der Waals surface area contributed by atoms with Crippen molar-refractivity contribution < 1.29 is 9.59 Å². The molecule has 0 radical (unpaired) electrons. The molecule has 0 rings (SSSR count). The van der Waals surface area contributed by atoms with E-state index in [0.717, 1.165) is 6.42 Å². The van der Waals surface area contributed by atoms with Crippen molar-refractivity contribution in [2.75, 3.05) is 6.54 Å². The van der Waals surface area contributed by atoms with Gasteiger partial charge in [0.1, 0.15) is 6.29 Å². The molecule has 0 saturated carbocycles. The maximum atomic E-state index is 10.7. The van der Waals surface area contributed by atoms with Gasteiger partial charge in [-0.3, -0.25) is 4.79 Å². The molecular formula is C8H15NO2. The number of hydrogen-bond donors (Lipinski definition) is 1. The van der Waals surface area contributed by atoms with Gasteiger partial charge in [0.05, 0.1) is 6.42 Å². The Morgan fingerprint density at radius 2 is 2.18 bits per heavy atom. The van der Waals surface area contributed by atoms with Crippen LogP contribution in [0.2, 0.25) is 0 Å². The van der Waals surface area contributed by atoms with Gasteiger partial charge in [-0.15, -0.1) is 0 Å². The van der Waals surface area contributed by atoms with Gasteiger partial charge in [-0.1, -0.05) is 13.8 Å². The van der Waals surface area contributed by atoms with Crippen LogP contribution >= 0.6 is 0 Å². The molecule has 0 bridgehead atoms. The van der Waals surface area contributed by atoms with E-state index in [0.29, 0.717) is 18.7 Å². The Balaban J connectivity index is 3.24. The summed E-state index contributed by atoms with van der Waals surface area (Å²) in [6.07, 6.45) is 1.56. The van der Waals surface area contributed by atoms with Gasteiger partial charge in [0, 0.05) is 6.54 Å². The third-order valence-corrected chi connectivity index (χ3v) is 1.31. The number of rotatable bonds is 5. The van der Waals surface area contributed by atoms with Crippen LogP contribution in [0.5, 0.6) is 0 Å². The molecule has 0 aromatic rings. The van der Waals surface area contributed by atoms with Gasteiger partial charge in [0.15, 0.2) is 0 Å². The van der Waals surface area contributed by atoms with Crippen LogP contribution in [0, 0.1) is 5.92 Å². The highest BCUT2D eigenvalue weighted by molar-refractivity contribution is 5.87. The molecule has 0 heterocycles. The second-order valence-electron chi connectivity index (χ2n) is 2.90. The van der Waals surface area contributed by atoms with Gasteiger partial charge in [-0.25, -0.2) is 0 Å². The van der Waals surface area contributed by atoms with Crippen LogP contribution in [0.15, 0.2) is 0 Å². The largest absolute Gasteiger partial charge is 0.356 e. The molecule has 0 aromatic heterocycles. The molecule has 3 heteroatoms. The van der Waals surface area contributed by atoms with Crippen molar-refractivity contribution >= 4 is 12.2 Å². The molecule has 0 saturated heterocycles. The lowest BCUT2D eigenvalue weighted by molar-refractivity contribution is -0.123. The van der Waals surface area contributed by atoms with Gasteiger partial charge < -0.3 is 10.1 Å². The zero-order valence-corrected chi connectivity index (χ0v) is 7.09. The van der Waals surface area contributed by atoms with Crippen molar-refractivity contribution in [1.29, 1.82) is 0 Å². The van der Waals surface area contributed by atoms with Crippen molar-refractivity contribution in [3.63, 3.8) is 0 Å². The fraction of sp³-hybridized carbons (Fsp3) is 0.750. The van der Waals surface area contributed by atoms with E-state index in [1.54, 1.807) is 0 Å². The highest BCUT2D eigenvalue weighted by Gasteiger charge is 1.98. The Morgan fingerprint density at radius 1 is 1.55 bits per heavy atom. The topological polar surface area (TPSA) is 46.2 Å². The van der Waals surface area contributed by atoms with E-state index in [2.05, 4.69) is 19.2 Å². The van der Waals surface area contributed by atoms with Crippen LogP contribution < -0.4 is 5.32 Å². The lowest BCUT2D eigenvalue weighted by atomic mass is 10.1. The Morgan fingerprint density at radius 3 is 2.64 bits per heavy atom. The van der Waals surface area contributed by atoms with Crippen molar-refractivity contribution in [1.82, 2.24) is 5.32 Å². The second kappa shape index (κ2) is 5.89. The summed E-state index contributed by atoms with van der Waals surface area (Å²) in [6, 6.07) is 0. The molecule has 0 aliphatic carbocycles. The monoisotopic (exact) mass is 157 g/mol. The lowest BCUT2D eigenvalue weighted by Gasteiger charge is -2.04. The first kappa shape index (κ1) is 10.1. The summed E-state index contributed by atoms with van der Waals surface area (Å²) in [7, 11) is 0. The summed E-state index contributed by atoms with van der Waals surface area (Å²) >= 11 is 0. The second-order valence-corrected chi connectivity index (χ2v) is 2.90. The fourth-order valence-electron chi connectivity index (χ4n) is 0.648. The summed E-state index contributed by atoms with van der Waals surface area (Å²) < 4.78 is 0. The average Bonchev–Trinajstić information content (AvgIpc) is 1.87. The summed E-state index contributed by atoms with van der Waals surface area (Å²) in [4.78, 5) is 20.5. The Labute approximate surface area is 67.2 Å². The minimum atomic E-state index is -0.180. The molecule has 0 spiro atoms. The number of carbonyl (C=O) groups excluding carboxylic acids is 2. The standard InChI is InChI=1S/C8H15NO2/c1-7(2)3-5-9-8(11)4-6-10/h6-7H,3-5H2,1-2H3,(H,9,11). The van der Waals surface area contributed by atoms with E-state index >= 15 is 0 Å². The molecule has 64 valence electrons. The van der Waals surface area contributed by atoms with Crippen LogP contribution in [0.3, 0.4) is 0 Å². The Bertz CT molecular complexity index is 132. The molecule has 0 atom stereocenters. The first-order valence-electron chi connectivity index (χ1n) is 3.87. The third kappa shape index (κ3) is 7.03. The van der Waals surface area contributed by atoms with Crippen molar-refractivity contribution in [3.05, 3.63) is 0 Å². The maximum absolute atomic E-state index is 10.7. The molecule has 0 aliphatic heterocycles. The molecule has 11 heavy (non-hydrogen) atoms. The predicted molar refractivity (Wildman–Crippen MR) is 43.1 cm³/mol. The molecule has 1 amide bonds. The quantitative estimate of drug-likeness (QED) is 0.472. The van der Waals surface area contributed by atoms with Crippen LogP contribution in [0.25, 0.3) is 0 Å². The minimum absolute atomic E-state index is 0.0158. The predicted octanol–water partition coefficient (Wildman–Crippen LogP) is 0.738. The minimum Gasteiger partial charge on any atom is -0.356 e. The van der Waals surface area contributed by atoms with Crippen LogP contribution in [-0.2, 0) is 9.59 Å². The molecule has 0 aliphatic rings. The smallest absolute Gasteiger partial charge is 0.227 e. The van der Waals surface area contributed by atoms with Crippen molar-refractivity contribution in [2.45, 2.75) is 26.7 Å². The summed E-state index contributed by atoms with van der Waals surface area (Å²) in [5.74, 6) is 0.409. The van der Waals surface area contributed by atoms with Gasteiger partial charge >= 0.3 is 0 Å². The van der Waals surface area contributed by atoms with Gasteiger partial charge in [-0.05, 0) is 12.3 Å². The highest BCUT2D eigenvalue weighted by Crippen LogP contribution is 1.95. The Kier molecular flexibility index (Phi) is 5.43. The number of hydrogen-bond acceptors (Lipinski definition) is 2.